The molecule has 0 amide bonds. The zero-order valence-electron chi connectivity index (χ0n) is 9.54. The van der Waals surface area contributed by atoms with E-state index in [1.54, 1.807) is 6.92 Å². The fraction of sp³-hybridized carbons (Fsp3) is 0.727. The van der Waals surface area contributed by atoms with Gasteiger partial charge in [0.1, 0.15) is 13.1 Å². The van der Waals surface area contributed by atoms with E-state index in [-0.39, 0.29) is 0 Å². The topological polar surface area (TPSA) is 35.5 Å². The van der Waals surface area contributed by atoms with Gasteiger partial charge in [-0.2, -0.15) is 0 Å². The fourth-order valence-corrected chi connectivity index (χ4v) is 0.465. The van der Waals surface area contributed by atoms with Crippen LogP contribution in [-0.4, -0.2) is 26.3 Å². The van der Waals surface area contributed by atoms with Crippen molar-refractivity contribution in [2.24, 2.45) is 0 Å². The Labute approximate surface area is 87.1 Å². The van der Waals surface area contributed by atoms with Crippen molar-refractivity contribution in [1.82, 2.24) is 0 Å². The van der Waals surface area contributed by atoms with Crippen LogP contribution in [0.3, 0.4) is 0 Å². The van der Waals surface area contributed by atoms with Gasteiger partial charge in [-0.15, -0.1) is 0 Å². The predicted octanol–water partition coefficient (Wildman–Crippen LogP) is 2.56. The Morgan fingerprint density at radius 2 is 1.57 bits per heavy atom. The molecule has 0 saturated carbocycles. The normalized spacial score (nSPS) is 8.79. The molecule has 0 spiro atoms. The molecule has 3 nitrogen and oxygen atoms in total. The molecule has 0 aromatic heterocycles. The third-order valence-corrected chi connectivity index (χ3v) is 1.06. The summed E-state index contributed by atoms with van der Waals surface area (Å²) < 4.78 is 10.1. The van der Waals surface area contributed by atoms with Crippen molar-refractivity contribution in [3.8, 4) is 0 Å². The summed E-state index contributed by atoms with van der Waals surface area (Å²) in [6.07, 6.45) is 2.85. The van der Waals surface area contributed by atoms with Gasteiger partial charge in [0, 0.05) is 13.2 Å². The summed E-state index contributed by atoms with van der Waals surface area (Å²) in [4.78, 5) is 9.41. The first-order valence-electron chi connectivity index (χ1n) is 4.95. The van der Waals surface area contributed by atoms with Crippen LogP contribution in [0.15, 0.2) is 12.2 Å². The van der Waals surface area contributed by atoms with Gasteiger partial charge in [0.2, 0.25) is 0 Å². The van der Waals surface area contributed by atoms with Gasteiger partial charge in [-0.25, -0.2) is 0 Å². The van der Waals surface area contributed by atoms with Crippen molar-refractivity contribution in [3.05, 3.63) is 12.2 Å². The summed E-state index contributed by atoms with van der Waals surface area (Å²) >= 11 is 0. The molecular formula is C11H22O3. The highest BCUT2D eigenvalue weighted by atomic mass is 16.7. The lowest BCUT2D eigenvalue weighted by Crippen LogP contribution is -2.00. The molecule has 0 heterocycles. The molecule has 0 saturated heterocycles. The Morgan fingerprint density at radius 1 is 1.21 bits per heavy atom. The summed E-state index contributed by atoms with van der Waals surface area (Å²) in [7, 11) is 0. The standard InChI is InChI=1S/C7H16O2.C4H6O/c1-3-5-8-7-9-6-4-2;1-4(2)3-5/h3-7H2,1-2H3;3H,1H2,2H3. The average Bonchev–Trinajstić information content (AvgIpc) is 2.19. The molecular weight excluding hydrogens is 180 g/mol. The lowest BCUT2D eigenvalue weighted by molar-refractivity contribution is -0.104. The van der Waals surface area contributed by atoms with Gasteiger partial charge in [-0.05, 0) is 25.3 Å². The van der Waals surface area contributed by atoms with Crippen LogP contribution in [0.1, 0.15) is 33.6 Å². The van der Waals surface area contributed by atoms with Crippen molar-refractivity contribution in [3.63, 3.8) is 0 Å². The van der Waals surface area contributed by atoms with E-state index in [4.69, 9.17) is 9.47 Å². The summed E-state index contributed by atoms with van der Waals surface area (Å²) in [6.45, 7) is 11.2. The first-order valence-corrected chi connectivity index (χ1v) is 4.95. The highest BCUT2D eigenvalue weighted by Crippen LogP contribution is 1.83. The van der Waals surface area contributed by atoms with Crippen molar-refractivity contribution in [2.75, 3.05) is 20.0 Å². The second-order valence-electron chi connectivity index (χ2n) is 2.90. The monoisotopic (exact) mass is 202 g/mol. The van der Waals surface area contributed by atoms with Crippen LogP contribution in [0.25, 0.3) is 0 Å². The van der Waals surface area contributed by atoms with Crippen LogP contribution in [-0.2, 0) is 14.3 Å². The first kappa shape index (κ1) is 15.8. The summed E-state index contributed by atoms with van der Waals surface area (Å²) in [5.41, 5.74) is 0.574. The van der Waals surface area contributed by atoms with E-state index in [9.17, 15) is 4.79 Å². The zero-order chi connectivity index (χ0) is 11.2. The molecule has 0 aliphatic carbocycles. The number of aldehydes is 1. The predicted molar refractivity (Wildman–Crippen MR) is 58.2 cm³/mol. The molecule has 0 aromatic carbocycles. The van der Waals surface area contributed by atoms with E-state index in [0.29, 0.717) is 12.4 Å². The highest BCUT2D eigenvalue weighted by Gasteiger charge is 1.83. The fourth-order valence-electron chi connectivity index (χ4n) is 0.465. The maximum Gasteiger partial charge on any atom is 0.146 e. The lowest BCUT2D eigenvalue weighted by Gasteiger charge is -2.01. The Balaban J connectivity index is 0. The molecule has 0 aliphatic heterocycles. The maximum atomic E-state index is 9.41. The molecule has 14 heavy (non-hydrogen) atoms. The number of hydrogen-bond acceptors (Lipinski definition) is 3. The van der Waals surface area contributed by atoms with Crippen molar-refractivity contribution < 1.29 is 14.3 Å². The van der Waals surface area contributed by atoms with Gasteiger partial charge < -0.3 is 9.47 Å². The van der Waals surface area contributed by atoms with Gasteiger partial charge in [-0.1, -0.05) is 20.4 Å². The molecule has 0 rings (SSSR count). The maximum absolute atomic E-state index is 9.41. The second-order valence-corrected chi connectivity index (χ2v) is 2.90. The smallest absolute Gasteiger partial charge is 0.146 e. The van der Waals surface area contributed by atoms with Crippen LogP contribution in [0, 0.1) is 0 Å². The zero-order valence-corrected chi connectivity index (χ0v) is 9.54. The van der Waals surface area contributed by atoms with Gasteiger partial charge in [0.15, 0.2) is 0 Å². The largest absolute Gasteiger partial charge is 0.355 e. The summed E-state index contributed by atoms with van der Waals surface area (Å²) in [5, 5.41) is 0. The number of carbonyl (C=O) groups is 1. The van der Waals surface area contributed by atoms with Gasteiger partial charge in [0.05, 0.1) is 0 Å². The third-order valence-electron chi connectivity index (χ3n) is 1.06. The van der Waals surface area contributed by atoms with Crippen molar-refractivity contribution >= 4 is 6.29 Å². The second kappa shape index (κ2) is 14.8. The number of hydrogen-bond donors (Lipinski definition) is 0. The number of carbonyl (C=O) groups excluding carboxylic acids is 1. The van der Waals surface area contributed by atoms with Gasteiger partial charge in [-0.3, -0.25) is 4.79 Å². The summed E-state index contributed by atoms with van der Waals surface area (Å²) in [5.74, 6) is 0. The van der Waals surface area contributed by atoms with E-state index < -0.39 is 0 Å². The van der Waals surface area contributed by atoms with Crippen LogP contribution in [0.2, 0.25) is 0 Å². The van der Waals surface area contributed by atoms with E-state index in [2.05, 4.69) is 20.4 Å². The van der Waals surface area contributed by atoms with E-state index in [1.165, 1.54) is 0 Å². The Bertz CT molecular complexity index is 126. The molecule has 0 radical (unpaired) electrons. The quantitative estimate of drug-likeness (QED) is 0.275. The van der Waals surface area contributed by atoms with Crippen LogP contribution < -0.4 is 0 Å². The molecule has 0 N–H and O–H groups in total. The molecule has 3 heteroatoms. The highest BCUT2D eigenvalue weighted by molar-refractivity contribution is 5.70. The number of allylic oxidation sites excluding steroid dienone is 1. The van der Waals surface area contributed by atoms with Crippen LogP contribution in [0.5, 0.6) is 0 Å². The number of ether oxygens (including phenoxy) is 2. The van der Waals surface area contributed by atoms with E-state index in [0.717, 1.165) is 32.3 Å². The first-order chi connectivity index (χ1) is 6.68. The molecule has 84 valence electrons. The average molecular weight is 202 g/mol. The molecule has 0 aromatic rings. The van der Waals surface area contributed by atoms with E-state index in [1.807, 2.05) is 0 Å². The van der Waals surface area contributed by atoms with Gasteiger partial charge >= 0.3 is 0 Å². The molecule has 0 aliphatic rings. The Hall–Kier alpha value is -0.670. The van der Waals surface area contributed by atoms with Gasteiger partial charge in [0.25, 0.3) is 0 Å². The van der Waals surface area contributed by atoms with E-state index >= 15 is 0 Å². The minimum absolute atomic E-state index is 0.460. The molecule has 0 unspecified atom stereocenters. The SMILES string of the molecule is C=C(C)C=O.CCCOCOCCC. The lowest BCUT2D eigenvalue weighted by atomic mass is 10.4. The van der Waals surface area contributed by atoms with Crippen molar-refractivity contribution in [2.45, 2.75) is 33.6 Å². The van der Waals surface area contributed by atoms with Crippen LogP contribution >= 0.6 is 0 Å². The Kier molecular flexibility index (Phi) is 16.7. The Morgan fingerprint density at radius 3 is 1.79 bits per heavy atom. The van der Waals surface area contributed by atoms with Crippen LogP contribution in [0.4, 0.5) is 0 Å². The molecule has 0 fully saturated rings. The molecule has 0 bridgehead atoms. The summed E-state index contributed by atoms with van der Waals surface area (Å²) in [6, 6.07) is 0. The third kappa shape index (κ3) is 22.5. The minimum atomic E-state index is 0.460. The minimum Gasteiger partial charge on any atom is -0.355 e. The molecule has 0 atom stereocenters. The number of rotatable bonds is 7. The van der Waals surface area contributed by atoms with Crippen molar-refractivity contribution in [1.29, 1.82) is 0 Å².